The number of hydrogen-bond donors (Lipinski definition) is 2. The molecule has 0 unspecified atom stereocenters. The predicted octanol–water partition coefficient (Wildman–Crippen LogP) is 2.32. The summed E-state index contributed by atoms with van der Waals surface area (Å²) in [5.74, 6) is -0.0666. The van der Waals surface area contributed by atoms with Crippen molar-refractivity contribution < 1.29 is 9.90 Å². The number of carbonyl (C=O) groups excluding carboxylic acids is 1. The van der Waals surface area contributed by atoms with Gasteiger partial charge in [0.05, 0.1) is 12.2 Å². The Balaban J connectivity index is 2.14. The summed E-state index contributed by atoms with van der Waals surface area (Å²) in [5, 5.41) is 16.7. The van der Waals surface area contributed by atoms with Crippen LogP contribution in [0.4, 0.5) is 0 Å². The largest absolute Gasteiger partial charge is 0.508 e. The number of amides is 1. The van der Waals surface area contributed by atoms with Gasteiger partial charge in [0.25, 0.3) is 5.91 Å². The van der Waals surface area contributed by atoms with Crippen molar-refractivity contribution in [3.05, 3.63) is 47.3 Å². The normalized spacial score (nSPS) is 12.2. The average molecular weight is 273 g/mol. The molecule has 2 rings (SSSR count). The Bertz CT molecular complexity index is 619. The minimum atomic E-state index is -0.198. The molecule has 0 aliphatic heterocycles. The maximum absolute atomic E-state index is 12.2. The second-order valence-electron chi connectivity index (χ2n) is 4.88. The monoisotopic (exact) mass is 273 g/mol. The molecule has 0 spiro atoms. The van der Waals surface area contributed by atoms with E-state index in [4.69, 9.17) is 0 Å². The Morgan fingerprint density at radius 3 is 2.80 bits per heavy atom. The lowest BCUT2D eigenvalue weighted by atomic mass is 10.1. The molecule has 0 bridgehead atoms. The van der Waals surface area contributed by atoms with Gasteiger partial charge in [-0.25, -0.2) is 0 Å². The zero-order valence-electron chi connectivity index (χ0n) is 11.9. The SMILES string of the molecule is CC[C@H](NC(=O)c1ccc(C)c(O)c1)c1cnn(C)c1. The molecule has 106 valence electrons. The van der Waals surface area contributed by atoms with Gasteiger partial charge in [-0.1, -0.05) is 13.0 Å². The van der Waals surface area contributed by atoms with E-state index in [1.165, 1.54) is 6.07 Å². The van der Waals surface area contributed by atoms with E-state index in [0.717, 1.165) is 17.5 Å². The summed E-state index contributed by atoms with van der Waals surface area (Å²) in [7, 11) is 1.84. The van der Waals surface area contributed by atoms with Gasteiger partial charge in [-0.3, -0.25) is 9.48 Å². The van der Waals surface area contributed by atoms with Gasteiger partial charge in [0, 0.05) is 24.4 Å². The van der Waals surface area contributed by atoms with Gasteiger partial charge >= 0.3 is 0 Å². The molecule has 1 aromatic heterocycles. The summed E-state index contributed by atoms with van der Waals surface area (Å²) in [5.41, 5.74) is 2.18. The molecule has 1 heterocycles. The Labute approximate surface area is 118 Å². The first-order valence-corrected chi connectivity index (χ1v) is 6.60. The lowest BCUT2D eigenvalue weighted by Crippen LogP contribution is -2.27. The molecule has 1 amide bonds. The number of phenolic OH excluding ortho intramolecular Hbond substituents is 1. The summed E-state index contributed by atoms with van der Waals surface area (Å²) in [6.07, 6.45) is 4.41. The molecule has 0 saturated heterocycles. The third kappa shape index (κ3) is 2.99. The molecule has 0 radical (unpaired) electrons. The molecule has 5 nitrogen and oxygen atoms in total. The van der Waals surface area contributed by atoms with Crippen LogP contribution in [0, 0.1) is 6.92 Å². The molecular formula is C15H19N3O2. The number of hydrogen-bond acceptors (Lipinski definition) is 3. The lowest BCUT2D eigenvalue weighted by molar-refractivity contribution is 0.0935. The smallest absolute Gasteiger partial charge is 0.251 e. The first-order valence-electron chi connectivity index (χ1n) is 6.60. The van der Waals surface area contributed by atoms with Gasteiger partial charge in [-0.15, -0.1) is 0 Å². The second-order valence-corrected chi connectivity index (χ2v) is 4.88. The molecule has 5 heteroatoms. The molecule has 0 saturated carbocycles. The zero-order valence-corrected chi connectivity index (χ0v) is 11.9. The summed E-state index contributed by atoms with van der Waals surface area (Å²) < 4.78 is 1.71. The Morgan fingerprint density at radius 2 is 2.25 bits per heavy atom. The van der Waals surface area contributed by atoms with E-state index >= 15 is 0 Å². The topological polar surface area (TPSA) is 67.2 Å². The molecule has 0 fully saturated rings. The van der Waals surface area contributed by atoms with Crippen molar-refractivity contribution in [2.24, 2.45) is 7.05 Å². The fourth-order valence-corrected chi connectivity index (χ4v) is 2.03. The van der Waals surface area contributed by atoms with E-state index in [2.05, 4.69) is 10.4 Å². The number of rotatable bonds is 4. The highest BCUT2D eigenvalue weighted by Gasteiger charge is 2.16. The second kappa shape index (κ2) is 5.77. The zero-order chi connectivity index (χ0) is 14.7. The van der Waals surface area contributed by atoms with Gasteiger partial charge in [0.15, 0.2) is 0 Å². The van der Waals surface area contributed by atoms with Crippen molar-refractivity contribution in [1.82, 2.24) is 15.1 Å². The number of aryl methyl sites for hydroxylation is 2. The van der Waals surface area contributed by atoms with Gasteiger partial charge in [-0.2, -0.15) is 5.10 Å². The van der Waals surface area contributed by atoms with Gasteiger partial charge in [-0.05, 0) is 31.0 Å². The summed E-state index contributed by atoms with van der Waals surface area (Å²) in [6.45, 7) is 3.80. The van der Waals surface area contributed by atoms with Crippen LogP contribution >= 0.6 is 0 Å². The van der Waals surface area contributed by atoms with E-state index in [9.17, 15) is 9.90 Å². The third-order valence-electron chi connectivity index (χ3n) is 3.31. The van der Waals surface area contributed by atoms with E-state index in [0.29, 0.717) is 5.56 Å². The summed E-state index contributed by atoms with van der Waals surface area (Å²) >= 11 is 0. The van der Waals surface area contributed by atoms with Crippen molar-refractivity contribution in [2.75, 3.05) is 0 Å². The Kier molecular flexibility index (Phi) is 4.08. The van der Waals surface area contributed by atoms with E-state index in [1.54, 1.807) is 29.9 Å². The quantitative estimate of drug-likeness (QED) is 0.898. The number of nitrogens with one attached hydrogen (secondary N) is 1. The van der Waals surface area contributed by atoms with Crippen molar-refractivity contribution >= 4 is 5.91 Å². The minimum Gasteiger partial charge on any atom is -0.508 e. The number of aromatic hydroxyl groups is 1. The highest BCUT2D eigenvalue weighted by molar-refractivity contribution is 5.94. The van der Waals surface area contributed by atoms with Crippen LogP contribution in [-0.4, -0.2) is 20.8 Å². The van der Waals surface area contributed by atoms with E-state index in [1.807, 2.05) is 20.2 Å². The van der Waals surface area contributed by atoms with Crippen molar-refractivity contribution in [3.63, 3.8) is 0 Å². The van der Waals surface area contributed by atoms with Crippen LogP contribution in [-0.2, 0) is 7.05 Å². The number of phenols is 1. The standard InChI is InChI=1S/C15H19N3O2/c1-4-13(12-8-16-18(3)9-12)17-15(20)11-6-5-10(2)14(19)7-11/h5-9,13,19H,4H2,1-3H3,(H,17,20)/t13-/m0/s1. The van der Waals surface area contributed by atoms with Crippen LogP contribution in [0.3, 0.4) is 0 Å². The van der Waals surface area contributed by atoms with Crippen LogP contribution < -0.4 is 5.32 Å². The average Bonchev–Trinajstić information content (AvgIpc) is 2.85. The molecule has 1 aromatic carbocycles. The molecule has 2 N–H and O–H groups in total. The number of benzene rings is 1. The van der Waals surface area contributed by atoms with Crippen LogP contribution in [0.2, 0.25) is 0 Å². The van der Waals surface area contributed by atoms with Crippen LogP contribution in [0.15, 0.2) is 30.6 Å². The Morgan fingerprint density at radius 1 is 1.50 bits per heavy atom. The molecule has 1 atom stereocenters. The number of carbonyl (C=O) groups is 1. The molecule has 20 heavy (non-hydrogen) atoms. The number of aromatic nitrogens is 2. The van der Waals surface area contributed by atoms with Crippen molar-refractivity contribution in [2.45, 2.75) is 26.3 Å². The maximum atomic E-state index is 12.2. The van der Waals surface area contributed by atoms with E-state index < -0.39 is 0 Å². The van der Waals surface area contributed by atoms with Crippen LogP contribution in [0.5, 0.6) is 5.75 Å². The summed E-state index contributed by atoms with van der Waals surface area (Å²) in [4.78, 5) is 12.2. The third-order valence-corrected chi connectivity index (χ3v) is 3.31. The molecule has 2 aromatic rings. The lowest BCUT2D eigenvalue weighted by Gasteiger charge is -2.15. The first kappa shape index (κ1) is 14.1. The van der Waals surface area contributed by atoms with Crippen LogP contribution in [0.1, 0.15) is 40.9 Å². The first-order chi connectivity index (χ1) is 9.51. The fourth-order valence-electron chi connectivity index (χ4n) is 2.03. The highest BCUT2D eigenvalue weighted by atomic mass is 16.3. The van der Waals surface area contributed by atoms with Crippen LogP contribution in [0.25, 0.3) is 0 Å². The van der Waals surface area contributed by atoms with Gasteiger partial charge in [0.1, 0.15) is 5.75 Å². The summed E-state index contributed by atoms with van der Waals surface area (Å²) in [6, 6.07) is 4.84. The predicted molar refractivity (Wildman–Crippen MR) is 76.6 cm³/mol. The fraction of sp³-hybridized carbons (Fsp3) is 0.333. The number of nitrogens with zero attached hydrogens (tertiary/aromatic N) is 2. The minimum absolute atomic E-state index is 0.0837. The van der Waals surface area contributed by atoms with E-state index in [-0.39, 0.29) is 17.7 Å². The molecule has 0 aliphatic carbocycles. The molecule has 0 aliphatic rings. The van der Waals surface area contributed by atoms with Crippen molar-refractivity contribution in [3.8, 4) is 5.75 Å². The highest BCUT2D eigenvalue weighted by Crippen LogP contribution is 2.20. The molecular weight excluding hydrogens is 254 g/mol. The Hall–Kier alpha value is -2.30. The maximum Gasteiger partial charge on any atom is 0.251 e. The van der Waals surface area contributed by atoms with Gasteiger partial charge < -0.3 is 10.4 Å². The van der Waals surface area contributed by atoms with Gasteiger partial charge in [0.2, 0.25) is 0 Å². The van der Waals surface area contributed by atoms with Crippen molar-refractivity contribution in [1.29, 1.82) is 0 Å².